The molecule has 486 valence electrons. The number of pyridine rings is 2. The third-order valence-corrected chi connectivity index (χ3v) is 19.1. The first-order valence-electron chi connectivity index (χ1n) is 27.5. The summed E-state index contributed by atoms with van der Waals surface area (Å²) in [6.45, 7) is -0.155. The molecule has 26 nitrogen and oxygen atoms in total. The number of rotatable bonds is 13. The van der Waals surface area contributed by atoms with Crippen LogP contribution in [-0.4, -0.2) is 97.0 Å². The summed E-state index contributed by atoms with van der Waals surface area (Å²) in [5, 5.41) is 7.67. The van der Waals surface area contributed by atoms with Gasteiger partial charge in [0.1, 0.15) is 58.4 Å². The van der Waals surface area contributed by atoms with Gasteiger partial charge in [0, 0.05) is 47.1 Å². The van der Waals surface area contributed by atoms with Crippen LogP contribution in [0, 0.1) is 6.07 Å². The van der Waals surface area contributed by atoms with Gasteiger partial charge in [0.25, 0.3) is 11.1 Å². The number of carbonyl (C=O) groups is 4. The maximum absolute atomic E-state index is 14.1. The molecule has 2 aliphatic rings. The molecule has 11 aromatic rings. The Morgan fingerprint density at radius 2 is 0.881 bits per heavy atom. The Morgan fingerprint density at radius 3 is 1.32 bits per heavy atom. The van der Waals surface area contributed by atoms with Crippen molar-refractivity contribution in [1.29, 1.82) is 0 Å². The van der Waals surface area contributed by atoms with Crippen molar-refractivity contribution >= 4 is 130 Å². The SMILES string of the molecule is Cn1c(=O)c(C(=O)OCc2cccc3ccccc23)c2c3c(c(Nc4ccc(S(=O)(=O)[O-])cc4S(=O)(=O)[O-])ccc31)C(=O)c1ccccc1-2.Cn1c(=O)c(C(=O)c2c[c-]ccc2)c2c3c(c(Nc4ccc(S(=O)(=O)[O-])cc4S(=O)(=O)[O-])ccc31)C(=O)c1ccccc1-2.O=S(=O)=O.[Na+].[Na+].[Na+].[Na+].[Na+]. The van der Waals surface area contributed by atoms with E-state index in [0.29, 0.717) is 34.3 Å². The summed E-state index contributed by atoms with van der Waals surface area (Å²) < 4.78 is 176. The second-order valence-electron chi connectivity index (χ2n) is 21.2. The molecular formula is C65H39N4Na5O22S5. The standard InChI is InChI=1S/C35H24N2O10S2.C30H19N2O9S2.5Na.O3S/c1-37-27-16-15-26(36-25-14-13-21(48(41,42)43)17-28(25)49(44,45)46)30-31(27)29(23-11-4-5-12-24(23)33(30)38)32(34(37)39)35(40)47-18-20-9-6-8-19-7-2-3-10-22(19)20;1-32-22-14-13-21(31-20-12-11-17(42(36,37)38)15-23(20)43(39,40)41)25-26(22)24(18-9-5-6-10-19(18)29(25)34)27(30(32)35)28(33)16-7-3-2-4-8-16;;;;;;1-4(2)3/h2-17,36H,18H2,1H3,(H,41,42,43)(H,44,45,46);2-3,5-15,31H,1H3,(H,36,37,38)(H,39,40,41);;;;;;/q;-1;5*+1;/p-4. The van der Waals surface area contributed by atoms with Gasteiger partial charge < -0.3 is 47.5 Å². The molecular weight excluding hydrogens is 1460 g/mol. The third-order valence-electron chi connectivity index (χ3n) is 15.7. The van der Waals surface area contributed by atoms with Gasteiger partial charge >= 0.3 is 164 Å². The van der Waals surface area contributed by atoms with Gasteiger partial charge in [-0.15, -0.1) is 12.6 Å². The molecule has 2 aromatic heterocycles. The molecule has 0 atom stereocenters. The van der Waals surface area contributed by atoms with E-state index >= 15 is 0 Å². The summed E-state index contributed by atoms with van der Waals surface area (Å²) in [6.07, 6.45) is 0. The number of esters is 1. The van der Waals surface area contributed by atoms with E-state index in [1.165, 1.54) is 71.8 Å². The average Bonchev–Trinajstić information content (AvgIpc) is 0.714. The van der Waals surface area contributed by atoms with Gasteiger partial charge in [-0.25, -0.2) is 38.5 Å². The van der Waals surface area contributed by atoms with E-state index in [9.17, 15) is 80.6 Å². The Hall–Kier alpha value is -6.00. The average molecular weight is 1500 g/mol. The van der Waals surface area contributed by atoms with Crippen LogP contribution in [-0.2, 0) is 76.5 Å². The first-order valence-corrected chi connectivity index (χ1v) is 34.2. The Labute approximate surface area is 686 Å². The zero-order valence-electron chi connectivity index (χ0n) is 53.9. The topological polar surface area (TPSA) is 426 Å². The van der Waals surface area contributed by atoms with Crippen molar-refractivity contribution in [2.75, 3.05) is 10.6 Å². The van der Waals surface area contributed by atoms with Crippen LogP contribution in [0.2, 0.25) is 0 Å². The van der Waals surface area contributed by atoms with Crippen LogP contribution in [0.3, 0.4) is 0 Å². The van der Waals surface area contributed by atoms with Crippen LogP contribution >= 0.6 is 0 Å². The molecule has 0 saturated heterocycles. The van der Waals surface area contributed by atoms with Crippen molar-refractivity contribution < 1.29 is 236 Å². The fourth-order valence-corrected chi connectivity index (χ4v) is 14.0. The molecule has 13 rings (SSSR count). The largest absolute Gasteiger partial charge is 1.00 e. The summed E-state index contributed by atoms with van der Waals surface area (Å²) in [5.41, 5.74) is -0.0111. The van der Waals surface area contributed by atoms with Crippen molar-refractivity contribution in [3.8, 4) is 22.3 Å². The molecule has 101 heavy (non-hydrogen) atoms. The number of ether oxygens (including phenoxy) is 1. The van der Waals surface area contributed by atoms with Crippen molar-refractivity contribution in [2.45, 2.75) is 26.2 Å². The summed E-state index contributed by atoms with van der Waals surface area (Å²) in [5.74, 6) is -2.60. The van der Waals surface area contributed by atoms with Gasteiger partial charge in [-0.05, 0) is 88.1 Å². The molecule has 0 fully saturated rings. The fourth-order valence-electron chi connectivity index (χ4n) is 11.5. The van der Waals surface area contributed by atoms with Gasteiger partial charge in [0.05, 0.1) is 70.1 Å². The van der Waals surface area contributed by atoms with Crippen molar-refractivity contribution in [2.24, 2.45) is 14.1 Å². The van der Waals surface area contributed by atoms with Crippen molar-refractivity contribution in [1.82, 2.24) is 9.13 Å². The Morgan fingerprint density at radius 1 is 0.475 bits per heavy atom. The number of hydrogen-bond donors (Lipinski definition) is 2. The Balaban J connectivity index is 0.000000290. The van der Waals surface area contributed by atoms with Gasteiger partial charge in [-0.3, -0.25) is 19.2 Å². The molecule has 0 bridgehead atoms. The van der Waals surface area contributed by atoms with E-state index in [2.05, 4.69) is 16.7 Å². The van der Waals surface area contributed by atoms with Crippen LogP contribution < -0.4 is 170 Å². The quantitative estimate of drug-likeness (QED) is 0.0356. The third kappa shape index (κ3) is 16.7. The number of benzene rings is 9. The zero-order valence-corrected chi connectivity index (χ0v) is 67.9. The second kappa shape index (κ2) is 33.0. The predicted octanol–water partition coefficient (Wildman–Crippen LogP) is -7.84. The molecule has 0 aliphatic heterocycles. The maximum atomic E-state index is 14.1. The van der Waals surface area contributed by atoms with Gasteiger partial charge in [-0.1, -0.05) is 96.6 Å². The summed E-state index contributed by atoms with van der Waals surface area (Å²) in [4.78, 5) is 79.5. The number of fused-ring (bicyclic) bond motifs is 5. The zero-order chi connectivity index (χ0) is 69.2. The van der Waals surface area contributed by atoms with E-state index in [-0.39, 0.29) is 232 Å². The Kier molecular flexibility index (Phi) is 27.4. The van der Waals surface area contributed by atoms with Crippen molar-refractivity contribution in [3.05, 3.63) is 247 Å². The van der Waals surface area contributed by atoms with Crippen LogP contribution in [0.5, 0.6) is 0 Å². The molecule has 0 radical (unpaired) electrons. The molecule has 2 aliphatic carbocycles. The summed E-state index contributed by atoms with van der Waals surface area (Å²) in [6, 6.07) is 44.9. The number of nitrogens with one attached hydrogen (secondary N) is 2. The maximum Gasteiger partial charge on any atom is 1.00 e. The number of aromatic nitrogens is 2. The van der Waals surface area contributed by atoms with E-state index in [1.807, 2.05) is 36.4 Å². The monoisotopic (exact) mass is 1500 g/mol. The number of carbonyl (C=O) groups excluding carboxylic acids is 4. The van der Waals surface area contributed by atoms with Gasteiger partial charge in [0.15, 0.2) is 11.6 Å². The number of hydrogen-bond acceptors (Lipinski definition) is 24. The summed E-state index contributed by atoms with van der Waals surface area (Å²) >= 11 is 0. The van der Waals surface area contributed by atoms with Crippen molar-refractivity contribution in [3.63, 3.8) is 0 Å². The number of anilines is 4. The molecule has 0 amide bonds. The summed E-state index contributed by atoms with van der Waals surface area (Å²) in [7, 11) is -21.1. The van der Waals surface area contributed by atoms with E-state index < -0.39 is 116 Å². The first kappa shape index (κ1) is 83.9. The molecule has 0 spiro atoms. The molecule has 36 heteroatoms. The molecule has 9 aromatic carbocycles. The normalized spacial score (nSPS) is 11.7. The Bertz CT molecular complexity index is 6040. The smallest absolute Gasteiger partial charge is 0.744 e. The minimum absolute atomic E-state index is 0. The van der Waals surface area contributed by atoms with Gasteiger partial charge in [0.2, 0.25) is 0 Å². The second-order valence-corrected chi connectivity index (χ2v) is 27.0. The van der Waals surface area contributed by atoms with Gasteiger partial charge in [-0.2, -0.15) is 30.3 Å². The van der Waals surface area contributed by atoms with Crippen LogP contribution in [0.15, 0.2) is 205 Å². The minimum Gasteiger partial charge on any atom is -0.744 e. The first-order chi connectivity index (χ1) is 45.3. The van der Waals surface area contributed by atoms with E-state index in [0.717, 1.165) is 35.0 Å². The fraction of sp³-hybridized carbons (Fsp3) is 0.0462. The van der Waals surface area contributed by atoms with E-state index in [4.69, 9.17) is 17.4 Å². The molecule has 2 N–H and O–H groups in total. The molecule has 2 heterocycles. The number of nitrogens with zero attached hydrogens (tertiary/aromatic N) is 2. The van der Waals surface area contributed by atoms with E-state index in [1.54, 1.807) is 54.6 Å². The number of ketones is 3. The minimum atomic E-state index is -5.34. The van der Waals surface area contributed by atoms with Crippen LogP contribution in [0.4, 0.5) is 22.7 Å². The molecule has 0 saturated carbocycles. The number of aryl methyl sites for hydroxylation is 2. The predicted molar refractivity (Wildman–Crippen MR) is 339 cm³/mol. The van der Waals surface area contributed by atoms with Crippen LogP contribution in [0.1, 0.15) is 63.7 Å². The van der Waals surface area contributed by atoms with Crippen LogP contribution in [0.25, 0.3) is 54.8 Å². The molecule has 0 unspecified atom stereocenters.